The minimum absolute atomic E-state index is 0.261. The Hall–Kier alpha value is -0.720. The predicted molar refractivity (Wildman–Crippen MR) is 63.5 cm³/mol. The van der Waals surface area contributed by atoms with Crippen LogP contribution < -0.4 is 11.1 Å². The van der Waals surface area contributed by atoms with Crippen LogP contribution >= 0.6 is 7.60 Å². The molecule has 0 aromatic rings. The van der Waals surface area contributed by atoms with Crippen molar-refractivity contribution in [3.63, 3.8) is 0 Å². The van der Waals surface area contributed by atoms with Crippen molar-refractivity contribution >= 4 is 13.6 Å². The number of hydrogen-bond donors (Lipinski definition) is 5. The van der Waals surface area contributed by atoms with Gasteiger partial charge in [-0.05, 0) is 19.4 Å². The largest absolute Gasteiger partial charge is 0.480 e. The first-order chi connectivity index (χ1) is 7.82. The zero-order chi connectivity index (χ0) is 13.5. The Morgan fingerprint density at radius 1 is 1.47 bits per heavy atom. The van der Waals surface area contributed by atoms with Gasteiger partial charge in [0.05, 0.1) is 0 Å². The van der Waals surface area contributed by atoms with Crippen LogP contribution in [0.2, 0.25) is 0 Å². The Morgan fingerprint density at radius 2 is 2.06 bits per heavy atom. The molecule has 8 heteroatoms. The zero-order valence-electron chi connectivity index (χ0n) is 9.45. The molecule has 0 spiro atoms. The van der Waals surface area contributed by atoms with Gasteiger partial charge in [0.1, 0.15) is 11.8 Å². The van der Waals surface area contributed by atoms with E-state index in [0.717, 1.165) is 6.08 Å². The number of nitrogens with one attached hydrogen (secondary N) is 1. The van der Waals surface area contributed by atoms with Crippen molar-refractivity contribution in [2.24, 2.45) is 5.73 Å². The van der Waals surface area contributed by atoms with E-state index < -0.39 is 25.4 Å². The molecule has 0 aliphatic carbocycles. The molecule has 0 radical (unpaired) electrons. The van der Waals surface area contributed by atoms with Crippen molar-refractivity contribution in [2.75, 3.05) is 6.54 Å². The van der Waals surface area contributed by atoms with E-state index in [9.17, 15) is 9.36 Å². The van der Waals surface area contributed by atoms with Crippen LogP contribution in [0.15, 0.2) is 12.7 Å². The van der Waals surface area contributed by atoms with Crippen molar-refractivity contribution in [2.45, 2.75) is 31.1 Å². The highest BCUT2D eigenvalue weighted by molar-refractivity contribution is 7.52. The Morgan fingerprint density at radius 3 is 2.41 bits per heavy atom. The molecule has 0 aliphatic heterocycles. The van der Waals surface area contributed by atoms with E-state index in [1.54, 1.807) is 0 Å². The maximum absolute atomic E-state index is 11.0. The van der Waals surface area contributed by atoms with Crippen LogP contribution in [0.5, 0.6) is 0 Å². The van der Waals surface area contributed by atoms with Crippen molar-refractivity contribution in [3.05, 3.63) is 12.7 Å². The maximum Gasteiger partial charge on any atom is 0.346 e. The molecular formula is C9H19N2O5P. The highest BCUT2D eigenvalue weighted by Crippen LogP contribution is 2.40. The molecule has 17 heavy (non-hydrogen) atoms. The number of aliphatic carboxylic acids is 1. The highest BCUT2D eigenvalue weighted by atomic mass is 31.2. The molecule has 0 saturated carbocycles. The molecule has 0 aromatic carbocycles. The zero-order valence-corrected chi connectivity index (χ0v) is 10.3. The highest BCUT2D eigenvalue weighted by Gasteiger charge is 2.30. The van der Waals surface area contributed by atoms with Gasteiger partial charge in [-0.15, -0.1) is 6.58 Å². The monoisotopic (exact) mass is 266 g/mol. The van der Waals surface area contributed by atoms with Gasteiger partial charge < -0.3 is 20.6 Å². The van der Waals surface area contributed by atoms with Crippen LogP contribution in [0, 0.1) is 0 Å². The quantitative estimate of drug-likeness (QED) is 0.222. The second-order valence-corrected chi connectivity index (χ2v) is 5.35. The number of carboxylic acid groups (broad SMARTS) is 1. The van der Waals surface area contributed by atoms with E-state index in [4.69, 9.17) is 20.6 Å². The van der Waals surface area contributed by atoms with Gasteiger partial charge in [0.15, 0.2) is 0 Å². The number of rotatable bonds is 9. The van der Waals surface area contributed by atoms with E-state index in [1.807, 2.05) is 0 Å². The summed E-state index contributed by atoms with van der Waals surface area (Å²) in [7, 11) is -4.43. The molecule has 0 aromatic heterocycles. The fourth-order valence-corrected chi connectivity index (χ4v) is 1.93. The average Bonchev–Trinajstić information content (AvgIpc) is 2.20. The standard InChI is InChI=1S/C9H19N2O5P/c1-2-8(17(14,15)16)11-7(9(12)13)5-3-4-6-10/h2,7-8,11H,1,3-6,10H2,(H,12,13)(H2,14,15,16). The lowest BCUT2D eigenvalue weighted by atomic mass is 10.1. The number of nitrogens with two attached hydrogens (primary N) is 1. The van der Waals surface area contributed by atoms with Crippen LogP contribution in [-0.4, -0.2) is 39.2 Å². The van der Waals surface area contributed by atoms with E-state index in [-0.39, 0.29) is 6.42 Å². The average molecular weight is 266 g/mol. The summed E-state index contributed by atoms with van der Waals surface area (Å²) in [5.74, 6) is -2.50. The van der Waals surface area contributed by atoms with Crippen molar-refractivity contribution in [1.29, 1.82) is 0 Å². The van der Waals surface area contributed by atoms with Crippen molar-refractivity contribution < 1.29 is 24.3 Å². The molecular weight excluding hydrogens is 247 g/mol. The number of unbranched alkanes of at least 4 members (excludes halogenated alkanes) is 1. The molecule has 0 aliphatic rings. The second-order valence-electron chi connectivity index (χ2n) is 3.61. The lowest BCUT2D eigenvalue weighted by Crippen LogP contribution is -2.42. The van der Waals surface area contributed by atoms with Gasteiger partial charge in [-0.2, -0.15) is 0 Å². The lowest BCUT2D eigenvalue weighted by Gasteiger charge is -2.21. The fraction of sp³-hybridized carbons (Fsp3) is 0.667. The van der Waals surface area contributed by atoms with Gasteiger partial charge in [0, 0.05) is 0 Å². The Kier molecular flexibility index (Phi) is 7.26. The van der Waals surface area contributed by atoms with Gasteiger partial charge in [-0.3, -0.25) is 14.7 Å². The van der Waals surface area contributed by atoms with Gasteiger partial charge in [-0.25, -0.2) is 0 Å². The molecule has 6 N–H and O–H groups in total. The summed E-state index contributed by atoms with van der Waals surface area (Å²) in [6, 6.07) is -1.02. The summed E-state index contributed by atoms with van der Waals surface area (Å²) >= 11 is 0. The summed E-state index contributed by atoms with van der Waals surface area (Å²) < 4.78 is 11.0. The van der Waals surface area contributed by atoms with Crippen LogP contribution in [0.25, 0.3) is 0 Å². The minimum atomic E-state index is -4.43. The topological polar surface area (TPSA) is 133 Å². The molecule has 0 saturated heterocycles. The van der Waals surface area contributed by atoms with E-state index in [0.29, 0.717) is 19.4 Å². The summed E-state index contributed by atoms with van der Waals surface area (Å²) in [6.45, 7) is 3.72. The summed E-state index contributed by atoms with van der Waals surface area (Å²) in [5, 5.41) is 11.3. The molecule has 0 rings (SSSR count). The van der Waals surface area contributed by atoms with Gasteiger partial charge in [0.2, 0.25) is 0 Å². The second kappa shape index (κ2) is 7.58. The summed E-state index contributed by atoms with van der Waals surface area (Å²) in [6.07, 6.45) is 2.52. The maximum atomic E-state index is 11.0. The first kappa shape index (κ1) is 16.3. The Labute approximate surface area is 99.9 Å². The number of hydrogen-bond acceptors (Lipinski definition) is 4. The predicted octanol–water partition coefficient (Wildman–Crippen LogP) is -0.152. The molecule has 2 unspecified atom stereocenters. The summed E-state index contributed by atoms with van der Waals surface area (Å²) in [4.78, 5) is 28.8. The summed E-state index contributed by atoms with van der Waals surface area (Å²) in [5.41, 5.74) is 5.28. The molecule has 2 atom stereocenters. The number of carbonyl (C=O) groups is 1. The molecule has 0 heterocycles. The third kappa shape index (κ3) is 6.55. The van der Waals surface area contributed by atoms with Gasteiger partial charge in [-0.1, -0.05) is 12.5 Å². The molecule has 0 fully saturated rings. The third-order valence-electron chi connectivity index (χ3n) is 2.20. The normalized spacial score (nSPS) is 15.2. The SMILES string of the molecule is C=CC(NC(CCCCN)C(=O)O)P(=O)(O)O. The van der Waals surface area contributed by atoms with E-state index in [1.165, 1.54) is 0 Å². The number of carboxylic acids is 1. The molecule has 0 bridgehead atoms. The Bertz CT molecular complexity index is 304. The van der Waals surface area contributed by atoms with Gasteiger partial charge >= 0.3 is 13.6 Å². The van der Waals surface area contributed by atoms with Crippen LogP contribution in [0.1, 0.15) is 19.3 Å². The molecule has 0 amide bonds. The minimum Gasteiger partial charge on any atom is -0.480 e. The van der Waals surface area contributed by atoms with Crippen molar-refractivity contribution in [3.8, 4) is 0 Å². The van der Waals surface area contributed by atoms with Crippen LogP contribution in [0.3, 0.4) is 0 Å². The van der Waals surface area contributed by atoms with Crippen LogP contribution in [0.4, 0.5) is 0 Å². The van der Waals surface area contributed by atoms with E-state index in [2.05, 4.69) is 11.9 Å². The van der Waals surface area contributed by atoms with Crippen molar-refractivity contribution in [1.82, 2.24) is 5.32 Å². The first-order valence-electron chi connectivity index (χ1n) is 5.19. The van der Waals surface area contributed by atoms with Crippen LogP contribution in [-0.2, 0) is 9.36 Å². The van der Waals surface area contributed by atoms with E-state index >= 15 is 0 Å². The Balaban J connectivity index is 4.47. The molecule has 100 valence electrons. The third-order valence-corrected chi connectivity index (χ3v) is 3.29. The lowest BCUT2D eigenvalue weighted by molar-refractivity contribution is -0.139. The fourth-order valence-electron chi connectivity index (χ4n) is 1.28. The first-order valence-corrected chi connectivity index (χ1v) is 6.87. The smallest absolute Gasteiger partial charge is 0.346 e. The van der Waals surface area contributed by atoms with Gasteiger partial charge in [0.25, 0.3) is 0 Å². The molecule has 7 nitrogen and oxygen atoms in total.